The number of hydrogen-bond acceptors (Lipinski definition) is 4. The first-order valence-electron chi connectivity index (χ1n) is 5.03. The Hall–Kier alpha value is -1.94. The van der Waals surface area contributed by atoms with Crippen molar-refractivity contribution >= 4 is 0 Å². The number of rotatable bonds is 3. The molecule has 4 nitrogen and oxygen atoms in total. The van der Waals surface area contributed by atoms with Crippen LogP contribution in [0, 0.1) is 6.92 Å². The van der Waals surface area contributed by atoms with Gasteiger partial charge in [-0.1, -0.05) is 12.1 Å². The van der Waals surface area contributed by atoms with Crippen LogP contribution in [0.25, 0.3) is 0 Å². The molecule has 0 radical (unpaired) electrons. The van der Waals surface area contributed by atoms with Gasteiger partial charge in [0.2, 0.25) is 5.88 Å². The van der Waals surface area contributed by atoms with Crippen molar-refractivity contribution in [2.75, 3.05) is 0 Å². The van der Waals surface area contributed by atoms with E-state index in [0.717, 1.165) is 17.0 Å². The summed E-state index contributed by atoms with van der Waals surface area (Å²) >= 11 is 0. The van der Waals surface area contributed by atoms with Crippen LogP contribution >= 0.6 is 0 Å². The van der Waals surface area contributed by atoms with Crippen molar-refractivity contribution in [1.82, 2.24) is 9.97 Å². The van der Waals surface area contributed by atoms with Gasteiger partial charge in [0, 0.05) is 6.54 Å². The Kier molecular flexibility index (Phi) is 3.12. The number of aromatic nitrogens is 2. The Bertz CT molecular complexity index is 451. The van der Waals surface area contributed by atoms with Crippen LogP contribution in [-0.4, -0.2) is 9.97 Å². The standard InChI is InChI=1S/C12H13N3O/c1-9-7-15-12(8-14-9)16-11-4-2-10(6-13)3-5-11/h2-5,7-8H,6,13H2,1H3. The summed E-state index contributed by atoms with van der Waals surface area (Å²) in [5, 5.41) is 0. The van der Waals surface area contributed by atoms with E-state index in [9.17, 15) is 0 Å². The van der Waals surface area contributed by atoms with E-state index in [1.807, 2.05) is 31.2 Å². The second kappa shape index (κ2) is 4.72. The molecule has 1 aromatic heterocycles. The molecular weight excluding hydrogens is 202 g/mol. The van der Waals surface area contributed by atoms with E-state index in [1.165, 1.54) is 0 Å². The molecular formula is C12H13N3O. The van der Waals surface area contributed by atoms with Gasteiger partial charge in [0.15, 0.2) is 0 Å². The zero-order chi connectivity index (χ0) is 11.4. The van der Waals surface area contributed by atoms with Crippen molar-refractivity contribution in [2.24, 2.45) is 5.73 Å². The van der Waals surface area contributed by atoms with E-state index in [4.69, 9.17) is 10.5 Å². The maximum atomic E-state index is 5.52. The molecule has 2 rings (SSSR count). The number of benzene rings is 1. The van der Waals surface area contributed by atoms with Gasteiger partial charge in [-0.3, -0.25) is 4.98 Å². The highest BCUT2D eigenvalue weighted by Crippen LogP contribution is 2.18. The first kappa shape index (κ1) is 10.6. The van der Waals surface area contributed by atoms with Gasteiger partial charge in [0.25, 0.3) is 0 Å². The fourth-order valence-corrected chi connectivity index (χ4v) is 1.25. The lowest BCUT2D eigenvalue weighted by molar-refractivity contribution is 0.459. The second-order valence-electron chi connectivity index (χ2n) is 3.45. The third kappa shape index (κ3) is 2.55. The Morgan fingerprint density at radius 2 is 1.88 bits per heavy atom. The predicted molar refractivity (Wildman–Crippen MR) is 61.2 cm³/mol. The van der Waals surface area contributed by atoms with E-state index in [2.05, 4.69) is 9.97 Å². The van der Waals surface area contributed by atoms with Crippen LogP contribution in [-0.2, 0) is 6.54 Å². The molecule has 0 fully saturated rings. The highest BCUT2D eigenvalue weighted by molar-refractivity contribution is 5.29. The van der Waals surface area contributed by atoms with Crippen molar-refractivity contribution in [3.8, 4) is 11.6 Å². The molecule has 82 valence electrons. The van der Waals surface area contributed by atoms with Crippen molar-refractivity contribution in [2.45, 2.75) is 13.5 Å². The maximum absolute atomic E-state index is 5.52. The molecule has 0 aliphatic heterocycles. The predicted octanol–water partition coefficient (Wildman–Crippen LogP) is 2.04. The summed E-state index contributed by atoms with van der Waals surface area (Å²) in [6.45, 7) is 2.41. The van der Waals surface area contributed by atoms with Crippen molar-refractivity contribution in [1.29, 1.82) is 0 Å². The van der Waals surface area contributed by atoms with Crippen LogP contribution in [0.15, 0.2) is 36.7 Å². The third-order valence-corrected chi connectivity index (χ3v) is 2.14. The summed E-state index contributed by atoms with van der Waals surface area (Å²) in [6.07, 6.45) is 3.27. The maximum Gasteiger partial charge on any atom is 0.237 e. The van der Waals surface area contributed by atoms with Gasteiger partial charge in [-0.15, -0.1) is 0 Å². The van der Waals surface area contributed by atoms with Crippen molar-refractivity contribution < 1.29 is 4.74 Å². The average Bonchev–Trinajstić information content (AvgIpc) is 2.33. The lowest BCUT2D eigenvalue weighted by atomic mass is 10.2. The lowest BCUT2D eigenvalue weighted by Gasteiger charge is -2.04. The van der Waals surface area contributed by atoms with Crippen LogP contribution in [0.1, 0.15) is 11.3 Å². The minimum Gasteiger partial charge on any atom is -0.438 e. The van der Waals surface area contributed by atoms with Gasteiger partial charge in [0.1, 0.15) is 5.75 Å². The summed E-state index contributed by atoms with van der Waals surface area (Å²) in [6, 6.07) is 7.58. The molecule has 0 saturated heterocycles. The van der Waals surface area contributed by atoms with Crippen molar-refractivity contribution in [3.05, 3.63) is 47.9 Å². The molecule has 16 heavy (non-hydrogen) atoms. The molecule has 0 aliphatic rings. The molecule has 1 aromatic carbocycles. The van der Waals surface area contributed by atoms with Crippen molar-refractivity contribution in [3.63, 3.8) is 0 Å². The zero-order valence-electron chi connectivity index (χ0n) is 9.05. The van der Waals surface area contributed by atoms with Gasteiger partial charge < -0.3 is 10.5 Å². The topological polar surface area (TPSA) is 61.0 Å². The highest BCUT2D eigenvalue weighted by Gasteiger charge is 1.98. The quantitative estimate of drug-likeness (QED) is 0.851. The van der Waals surface area contributed by atoms with Gasteiger partial charge in [-0.2, -0.15) is 0 Å². The number of nitrogens with zero attached hydrogens (tertiary/aromatic N) is 2. The Labute approximate surface area is 94.1 Å². The molecule has 0 saturated carbocycles. The van der Waals surface area contributed by atoms with E-state index in [-0.39, 0.29) is 0 Å². The van der Waals surface area contributed by atoms with E-state index < -0.39 is 0 Å². The summed E-state index contributed by atoms with van der Waals surface area (Å²) in [5.74, 6) is 1.22. The molecule has 0 atom stereocenters. The number of ether oxygens (including phenoxy) is 1. The molecule has 0 amide bonds. The summed E-state index contributed by atoms with van der Waals surface area (Å²) in [4.78, 5) is 8.21. The Morgan fingerprint density at radius 3 is 2.44 bits per heavy atom. The summed E-state index contributed by atoms with van der Waals surface area (Å²) in [5.41, 5.74) is 7.44. The molecule has 2 aromatic rings. The number of hydrogen-bond donors (Lipinski definition) is 1. The number of aryl methyl sites for hydroxylation is 1. The first-order chi connectivity index (χ1) is 7.78. The first-order valence-corrected chi connectivity index (χ1v) is 5.03. The van der Waals surface area contributed by atoms with Gasteiger partial charge >= 0.3 is 0 Å². The summed E-state index contributed by atoms with van der Waals surface area (Å²) in [7, 11) is 0. The van der Waals surface area contributed by atoms with Crippen LogP contribution in [0.2, 0.25) is 0 Å². The van der Waals surface area contributed by atoms with Crippen LogP contribution in [0.5, 0.6) is 11.6 Å². The average molecular weight is 215 g/mol. The van der Waals surface area contributed by atoms with E-state index >= 15 is 0 Å². The van der Waals surface area contributed by atoms with Crippen LogP contribution < -0.4 is 10.5 Å². The smallest absolute Gasteiger partial charge is 0.237 e. The highest BCUT2D eigenvalue weighted by atomic mass is 16.5. The molecule has 0 bridgehead atoms. The summed E-state index contributed by atoms with van der Waals surface area (Å²) < 4.78 is 5.52. The fraction of sp³-hybridized carbons (Fsp3) is 0.167. The molecule has 2 N–H and O–H groups in total. The molecule has 4 heteroatoms. The monoisotopic (exact) mass is 215 g/mol. The van der Waals surface area contributed by atoms with Gasteiger partial charge in [-0.05, 0) is 24.6 Å². The van der Waals surface area contributed by atoms with Gasteiger partial charge in [0.05, 0.1) is 18.1 Å². The SMILES string of the molecule is Cc1cnc(Oc2ccc(CN)cc2)cn1. The molecule has 0 unspecified atom stereocenters. The minimum absolute atomic E-state index is 0.492. The largest absolute Gasteiger partial charge is 0.438 e. The minimum atomic E-state index is 0.492. The molecule has 0 aliphatic carbocycles. The van der Waals surface area contributed by atoms with E-state index in [0.29, 0.717) is 12.4 Å². The van der Waals surface area contributed by atoms with Crippen LogP contribution in [0.4, 0.5) is 0 Å². The Morgan fingerprint density at radius 1 is 1.12 bits per heavy atom. The Balaban J connectivity index is 2.11. The van der Waals surface area contributed by atoms with Crippen LogP contribution in [0.3, 0.4) is 0 Å². The zero-order valence-corrected chi connectivity index (χ0v) is 9.05. The van der Waals surface area contributed by atoms with E-state index in [1.54, 1.807) is 12.4 Å². The van der Waals surface area contributed by atoms with Gasteiger partial charge in [-0.25, -0.2) is 4.98 Å². The lowest BCUT2D eigenvalue weighted by Crippen LogP contribution is -1.95. The third-order valence-electron chi connectivity index (χ3n) is 2.14. The second-order valence-corrected chi connectivity index (χ2v) is 3.45. The normalized spacial score (nSPS) is 10.1. The fourth-order valence-electron chi connectivity index (χ4n) is 1.25. The molecule has 1 heterocycles. The number of nitrogens with two attached hydrogens (primary N) is 1. The molecule has 0 spiro atoms.